The van der Waals surface area contributed by atoms with Gasteiger partial charge in [0.05, 0.1) is 16.2 Å². The van der Waals surface area contributed by atoms with Crippen LogP contribution in [0.3, 0.4) is 0 Å². The van der Waals surface area contributed by atoms with Crippen molar-refractivity contribution in [1.82, 2.24) is 0 Å². The summed E-state index contributed by atoms with van der Waals surface area (Å²) in [5.74, 6) is -1.53. The summed E-state index contributed by atoms with van der Waals surface area (Å²) >= 11 is 0. The van der Waals surface area contributed by atoms with Gasteiger partial charge in [0.1, 0.15) is 5.69 Å². The Hall–Kier alpha value is -3.75. The molecule has 2 aromatic carbocycles. The summed E-state index contributed by atoms with van der Waals surface area (Å²) in [5, 5.41) is 13.6. The monoisotopic (exact) mass is 397 g/mol. The molecule has 9 nitrogen and oxygen atoms in total. The fourth-order valence-corrected chi connectivity index (χ4v) is 3.14. The fourth-order valence-electron chi connectivity index (χ4n) is 3.14. The molecular formula is C20H19N3O6. The van der Waals surface area contributed by atoms with Gasteiger partial charge in [-0.25, -0.2) is 4.79 Å². The van der Waals surface area contributed by atoms with Gasteiger partial charge in [-0.2, -0.15) is 0 Å². The second-order valence-electron chi connectivity index (χ2n) is 6.52. The normalized spacial score (nSPS) is 13.3. The van der Waals surface area contributed by atoms with Crippen LogP contribution in [0.5, 0.6) is 0 Å². The fraction of sp³-hybridized carbons (Fsp3) is 0.250. The van der Waals surface area contributed by atoms with Crippen molar-refractivity contribution >= 4 is 34.8 Å². The molecule has 0 bridgehead atoms. The van der Waals surface area contributed by atoms with E-state index in [-0.39, 0.29) is 22.8 Å². The first-order valence-corrected chi connectivity index (χ1v) is 8.99. The van der Waals surface area contributed by atoms with Crippen molar-refractivity contribution < 1.29 is 24.0 Å². The molecule has 0 atom stereocenters. The molecule has 1 heterocycles. The van der Waals surface area contributed by atoms with Crippen molar-refractivity contribution in [1.29, 1.82) is 0 Å². The van der Waals surface area contributed by atoms with Crippen molar-refractivity contribution in [3.05, 3.63) is 63.7 Å². The molecule has 1 aliphatic rings. The number of carbonyl (C=O) groups is 3. The molecule has 0 unspecified atom stereocenters. The number of hydrogen-bond donors (Lipinski definition) is 1. The van der Waals surface area contributed by atoms with E-state index in [1.54, 1.807) is 31.2 Å². The van der Waals surface area contributed by atoms with Gasteiger partial charge in [-0.3, -0.25) is 19.7 Å². The molecule has 2 amide bonds. The van der Waals surface area contributed by atoms with E-state index in [0.717, 1.165) is 0 Å². The van der Waals surface area contributed by atoms with Gasteiger partial charge in [-0.05, 0) is 31.0 Å². The Bertz CT molecular complexity index is 988. The zero-order valence-electron chi connectivity index (χ0n) is 15.7. The summed E-state index contributed by atoms with van der Waals surface area (Å²) in [5.41, 5.74) is 0.938. The quantitative estimate of drug-likeness (QED) is 0.455. The average molecular weight is 397 g/mol. The van der Waals surface area contributed by atoms with Crippen molar-refractivity contribution in [3.63, 3.8) is 0 Å². The number of ether oxygens (including phenoxy) is 1. The Balaban J connectivity index is 1.69. The summed E-state index contributed by atoms with van der Waals surface area (Å²) in [6, 6.07) is 10.9. The molecule has 29 heavy (non-hydrogen) atoms. The van der Waals surface area contributed by atoms with E-state index in [9.17, 15) is 24.5 Å². The highest BCUT2D eigenvalue weighted by atomic mass is 16.6. The molecule has 0 aliphatic carbocycles. The van der Waals surface area contributed by atoms with Gasteiger partial charge in [0.25, 0.3) is 11.6 Å². The molecule has 0 radical (unpaired) electrons. The first-order valence-electron chi connectivity index (χ1n) is 8.99. The number of aryl methyl sites for hydroxylation is 1. The van der Waals surface area contributed by atoms with Crippen LogP contribution >= 0.6 is 0 Å². The Morgan fingerprint density at radius 2 is 1.97 bits per heavy atom. The second kappa shape index (κ2) is 8.51. The Morgan fingerprint density at radius 1 is 1.21 bits per heavy atom. The van der Waals surface area contributed by atoms with E-state index in [4.69, 9.17) is 4.74 Å². The van der Waals surface area contributed by atoms with Crippen LogP contribution in [0.25, 0.3) is 0 Å². The number of esters is 1. The van der Waals surface area contributed by atoms with Crippen molar-refractivity contribution in [2.24, 2.45) is 0 Å². The van der Waals surface area contributed by atoms with Gasteiger partial charge in [-0.1, -0.05) is 24.3 Å². The van der Waals surface area contributed by atoms with Crippen molar-refractivity contribution in [3.8, 4) is 0 Å². The maximum atomic E-state index is 12.5. The molecule has 150 valence electrons. The number of nitrogens with one attached hydrogen (secondary N) is 1. The summed E-state index contributed by atoms with van der Waals surface area (Å²) in [6.07, 6.45) is 1.13. The summed E-state index contributed by atoms with van der Waals surface area (Å²) in [6.45, 7) is 1.52. The van der Waals surface area contributed by atoms with Crippen LogP contribution in [0.15, 0.2) is 42.5 Å². The Labute approximate surface area is 166 Å². The maximum absolute atomic E-state index is 12.5. The number of carbonyl (C=O) groups excluding carboxylic acids is 3. The molecule has 1 fully saturated rings. The number of nitrogens with zero attached hydrogens (tertiary/aromatic N) is 2. The van der Waals surface area contributed by atoms with Gasteiger partial charge in [0, 0.05) is 19.0 Å². The number of para-hydroxylation sites is 2. The first-order chi connectivity index (χ1) is 13.9. The molecule has 0 aromatic heterocycles. The third kappa shape index (κ3) is 4.40. The minimum atomic E-state index is -0.755. The van der Waals surface area contributed by atoms with Crippen molar-refractivity contribution in [2.45, 2.75) is 19.8 Å². The predicted octanol–water partition coefficient (Wildman–Crippen LogP) is 2.83. The molecule has 1 N–H and O–H groups in total. The van der Waals surface area contributed by atoms with Crippen LogP contribution in [0.1, 0.15) is 28.8 Å². The number of hydrogen-bond acceptors (Lipinski definition) is 6. The lowest BCUT2D eigenvalue weighted by atomic mass is 10.1. The highest BCUT2D eigenvalue weighted by Gasteiger charge is 2.26. The molecule has 1 saturated heterocycles. The molecule has 1 aliphatic heterocycles. The van der Waals surface area contributed by atoms with Crippen molar-refractivity contribution in [2.75, 3.05) is 23.4 Å². The third-order valence-corrected chi connectivity index (χ3v) is 4.53. The zero-order valence-corrected chi connectivity index (χ0v) is 15.7. The van der Waals surface area contributed by atoms with Gasteiger partial charge in [-0.15, -0.1) is 0 Å². The molecule has 2 aromatic rings. The summed E-state index contributed by atoms with van der Waals surface area (Å²) < 4.78 is 5.08. The Kier molecular flexibility index (Phi) is 5.87. The van der Waals surface area contributed by atoms with Crippen LogP contribution in [0.4, 0.5) is 17.1 Å². The van der Waals surface area contributed by atoms with Crippen LogP contribution in [-0.2, 0) is 14.3 Å². The van der Waals surface area contributed by atoms with Gasteiger partial charge in [0.2, 0.25) is 5.91 Å². The van der Waals surface area contributed by atoms with E-state index >= 15 is 0 Å². The van der Waals surface area contributed by atoms with Crippen LogP contribution < -0.4 is 10.2 Å². The van der Waals surface area contributed by atoms with Crippen LogP contribution in [0, 0.1) is 17.0 Å². The van der Waals surface area contributed by atoms with E-state index in [0.29, 0.717) is 30.6 Å². The van der Waals surface area contributed by atoms with Crippen LogP contribution in [-0.4, -0.2) is 35.9 Å². The minimum absolute atomic E-state index is 0.0570. The molecule has 0 spiro atoms. The highest BCUT2D eigenvalue weighted by molar-refractivity contribution is 6.04. The van der Waals surface area contributed by atoms with E-state index in [1.165, 1.54) is 23.1 Å². The molecule has 9 heteroatoms. The lowest BCUT2D eigenvalue weighted by Crippen LogP contribution is -2.27. The lowest BCUT2D eigenvalue weighted by Gasteiger charge is -2.18. The third-order valence-electron chi connectivity index (χ3n) is 4.53. The number of nitro groups is 1. The number of anilines is 2. The maximum Gasteiger partial charge on any atom is 0.340 e. The van der Waals surface area contributed by atoms with Gasteiger partial charge >= 0.3 is 5.97 Å². The average Bonchev–Trinajstić information content (AvgIpc) is 3.13. The zero-order chi connectivity index (χ0) is 21.0. The smallest absolute Gasteiger partial charge is 0.340 e. The SMILES string of the molecule is Cc1cccc([N+](=O)[O-])c1NC(=O)COC(=O)c1ccccc1N1CCCC1=O. The largest absolute Gasteiger partial charge is 0.452 e. The number of rotatable bonds is 6. The lowest BCUT2D eigenvalue weighted by molar-refractivity contribution is -0.384. The number of amides is 2. The van der Waals surface area contributed by atoms with Gasteiger partial charge < -0.3 is 15.0 Å². The van der Waals surface area contributed by atoms with E-state index in [1.807, 2.05) is 0 Å². The standard InChI is InChI=1S/C20H19N3O6/c1-13-6-4-9-16(23(27)28)19(13)21-17(24)12-29-20(26)14-7-2-3-8-15(14)22-11-5-10-18(22)25/h2-4,6-9H,5,10-12H2,1H3,(H,21,24). The van der Waals surface area contributed by atoms with Gasteiger partial charge in [0.15, 0.2) is 6.61 Å². The summed E-state index contributed by atoms with van der Waals surface area (Å²) in [4.78, 5) is 48.7. The topological polar surface area (TPSA) is 119 Å². The van der Waals surface area contributed by atoms with E-state index in [2.05, 4.69) is 5.32 Å². The number of benzene rings is 2. The summed E-state index contributed by atoms with van der Waals surface area (Å²) in [7, 11) is 0. The molecular weight excluding hydrogens is 378 g/mol. The second-order valence-corrected chi connectivity index (χ2v) is 6.52. The minimum Gasteiger partial charge on any atom is -0.452 e. The number of nitro benzene ring substituents is 1. The molecule has 0 saturated carbocycles. The highest BCUT2D eigenvalue weighted by Crippen LogP contribution is 2.28. The predicted molar refractivity (Wildman–Crippen MR) is 105 cm³/mol. The Morgan fingerprint density at radius 3 is 2.66 bits per heavy atom. The first kappa shape index (κ1) is 20.0. The van der Waals surface area contributed by atoms with E-state index < -0.39 is 23.4 Å². The molecule has 3 rings (SSSR count). The van der Waals surface area contributed by atoms with Crippen LogP contribution in [0.2, 0.25) is 0 Å².